The van der Waals surface area contributed by atoms with Crippen molar-refractivity contribution in [2.24, 2.45) is 5.92 Å². The topological polar surface area (TPSA) is 15.3 Å². The summed E-state index contributed by atoms with van der Waals surface area (Å²) in [6, 6.07) is 1.72. The van der Waals surface area contributed by atoms with Gasteiger partial charge in [0.05, 0.1) is 0 Å². The summed E-state index contributed by atoms with van der Waals surface area (Å²) in [5.41, 5.74) is 0. The molecule has 100 valence electrons. The fraction of sp³-hybridized carbons (Fsp3) is 1.00. The lowest BCUT2D eigenvalue weighted by molar-refractivity contribution is 0.206. The Hall–Kier alpha value is -0.0800. The monoisotopic (exact) mass is 238 g/mol. The van der Waals surface area contributed by atoms with Crippen molar-refractivity contribution in [3.8, 4) is 0 Å². The van der Waals surface area contributed by atoms with Gasteiger partial charge in [-0.25, -0.2) is 0 Å². The predicted molar refractivity (Wildman–Crippen MR) is 74.3 cm³/mol. The third-order valence-electron chi connectivity index (χ3n) is 4.70. The molecule has 17 heavy (non-hydrogen) atoms. The van der Waals surface area contributed by atoms with Crippen molar-refractivity contribution in [2.75, 3.05) is 19.6 Å². The van der Waals surface area contributed by atoms with Gasteiger partial charge in [0.2, 0.25) is 0 Å². The lowest BCUT2D eigenvalue weighted by atomic mass is 10.1. The number of nitrogens with zero attached hydrogens (tertiary/aromatic N) is 1. The summed E-state index contributed by atoms with van der Waals surface area (Å²) in [5.74, 6) is 1.06. The minimum absolute atomic E-state index is 0.759. The van der Waals surface area contributed by atoms with Gasteiger partial charge in [-0.15, -0.1) is 0 Å². The van der Waals surface area contributed by atoms with Crippen LogP contribution in [0.3, 0.4) is 0 Å². The minimum atomic E-state index is 0.759. The van der Waals surface area contributed by atoms with Crippen LogP contribution in [0.5, 0.6) is 0 Å². The van der Waals surface area contributed by atoms with Gasteiger partial charge in [-0.05, 0) is 64.0 Å². The van der Waals surface area contributed by atoms with Gasteiger partial charge in [0.25, 0.3) is 0 Å². The SMILES string of the molecule is CCCNC(CC)CCCN1CC2CCC1C2. The summed E-state index contributed by atoms with van der Waals surface area (Å²) in [6.45, 7) is 8.51. The second-order valence-electron chi connectivity index (χ2n) is 6.03. The molecule has 1 aliphatic heterocycles. The lowest BCUT2D eigenvalue weighted by Gasteiger charge is -2.27. The second-order valence-corrected chi connectivity index (χ2v) is 6.03. The molecule has 2 fully saturated rings. The highest BCUT2D eigenvalue weighted by Gasteiger charge is 2.36. The maximum absolute atomic E-state index is 3.66. The van der Waals surface area contributed by atoms with E-state index >= 15 is 0 Å². The van der Waals surface area contributed by atoms with Gasteiger partial charge in [-0.2, -0.15) is 0 Å². The molecular weight excluding hydrogens is 208 g/mol. The van der Waals surface area contributed by atoms with Crippen LogP contribution in [0.1, 0.15) is 58.8 Å². The van der Waals surface area contributed by atoms with Crippen molar-refractivity contribution >= 4 is 0 Å². The Kier molecular flexibility index (Phi) is 5.30. The van der Waals surface area contributed by atoms with Gasteiger partial charge >= 0.3 is 0 Å². The molecule has 0 spiro atoms. The van der Waals surface area contributed by atoms with Crippen LogP contribution < -0.4 is 5.32 Å². The molecule has 1 saturated heterocycles. The van der Waals surface area contributed by atoms with Crippen LogP contribution in [-0.4, -0.2) is 36.6 Å². The molecule has 1 N–H and O–H groups in total. The minimum Gasteiger partial charge on any atom is -0.314 e. The van der Waals surface area contributed by atoms with Crippen LogP contribution in [0, 0.1) is 5.92 Å². The number of nitrogens with one attached hydrogen (secondary N) is 1. The van der Waals surface area contributed by atoms with Gasteiger partial charge in [0, 0.05) is 18.6 Å². The van der Waals surface area contributed by atoms with Gasteiger partial charge in [0.1, 0.15) is 0 Å². The van der Waals surface area contributed by atoms with Crippen molar-refractivity contribution in [1.82, 2.24) is 10.2 Å². The fourth-order valence-electron chi connectivity index (χ4n) is 3.64. The summed E-state index contributed by atoms with van der Waals surface area (Å²) in [4.78, 5) is 2.76. The van der Waals surface area contributed by atoms with Crippen LogP contribution >= 0.6 is 0 Å². The molecule has 2 heteroatoms. The molecule has 2 nitrogen and oxygen atoms in total. The molecule has 0 radical (unpaired) electrons. The smallest absolute Gasteiger partial charge is 0.00985 e. The second kappa shape index (κ2) is 6.75. The van der Waals surface area contributed by atoms with E-state index in [9.17, 15) is 0 Å². The maximum Gasteiger partial charge on any atom is 0.00985 e. The van der Waals surface area contributed by atoms with E-state index in [0.29, 0.717) is 0 Å². The van der Waals surface area contributed by atoms with Crippen LogP contribution in [0.4, 0.5) is 0 Å². The first-order chi connectivity index (χ1) is 8.33. The number of likely N-dealkylation sites (tertiary alicyclic amines) is 1. The molecule has 1 aliphatic carbocycles. The van der Waals surface area contributed by atoms with E-state index in [2.05, 4.69) is 24.1 Å². The third-order valence-corrected chi connectivity index (χ3v) is 4.70. The van der Waals surface area contributed by atoms with Gasteiger partial charge < -0.3 is 10.2 Å². The van der Waals surface area contributed by atoms with Crippen molar-refractivity contribution < 1.29 is 0 Å². The highest BCUT2D eigenvalue weighted by atomic mass is 15.2. The molecule has 3 unspecified atom stereocenters. The molecule has 2 bridgehead atoms. The summed E-state index contributed by atoms with van der Waals surface area (Å²) in [6.07, 6.45) is 9.79. The number of piperidine rings is 1. The highest BCUT2D eigenvalue weighted by molar-refractivity contribution is 4.91. The summed E-state index contributed by atoms with van der Waals surface area (Å²) < 4.78 is 0. The molecule has 2 rings (SSSR count). The van der Waals surface area contributed by atoms with Crippen LogP contribution in [-0.2, 0) is 0 Å². The highest BCUT2D eigenvalue weighted by Crippen LogP contribution is 2.37. The first-order valence-corrected chi connectivity index (χ1v) is 7.80. The standard InChI is InChI=1S/C15H30N2/c1-3-9-16-14(4-2)6-5-10-17-12-13-7-8-15(17)11-13/h13-16H,3-12H2,1-2H3. The van der Waals surface area contributed by atoms with Crippen molar-refractivity contribution in [3.05, 3.63) is 0 Å². The first-order valence-electron chi connectivity index (χ1n) is 7.80. The molecule has 0 aromatic carbocycles. The average Bonchev–Trinajstić information content (AvgIpc) is 2.95. The van der Waals surface area contributed by atoms with Crippen LogP contribution in [0.15, 0.2) is 0 Å². The summed E-state index contributed by atoms with van der Waals surface area (Å²) in [5, 5.41) is 3.66. The van der Waals surface area contributed by atoms with Crippen LogP contribution in [0.2, 0.25) is 0 Å². The number of fused-ring (bicyclic) bond motifs is 2. The zero-order valence-electron chi connectivity index (χ0n) is 11.8. The Labute approximate surface area is 107 Å². The molecule has 1 heterocycles. The quantitative estimate of drug-likeness (QED) is 0.699. The average molecular weight is 238 g/mol. The Morgan fingerprint density at radius 1 is 1.29 bits per heavy atom. The normalized spacial score (nSPS) is 30.0. The molecule has 0 amide bonds. The predicted octanol–water partition coefficient (Wildman–Crippen LogP) is 3.03. The van der Waals surface area contributed by atoms with Crippen molar-refractivity contribution in [3.63, 3.8) is 0 Å². The Bertz CT molecular complexity index is 217. The van der Waals surface area contributed by atoms with Gasteiger partial charge in [-0.3, -0.25) is 0 Å². The molecular formula is C15H30N2. The molecule has 0 aromatic heterocycles. The number of hydrogen-bond donors (Lipinski definition) is 1. The Morgan fingerprint density at radius 3 is 2.76 bits per heavy atom. The van der Waals surface area contributed by atoms with E-state index in [1.165, 1.54) is 64.6 Å². The van der Waals surface area contributed by atoms with E-state index in [0.717, 1.165) is 18.0 Å². The third kappa shape index (κ3) is 3.69. The zero-order chi connectivity index (χ0) is 12.1. The first kappa shape index (κ1) is 13.4. The van der Waals surface area contributed by atoms with E-state index < -0.39 is 0 Å². The molecule has 2 aliphatic rings. The molecule has 0 aromatic rings. The largest absolute Gasteiger partial charge is 0.314 e. The van der Waals surface area contributed by atoms with E-state index in [1.54, 1.807) is 0 Å². The van der Waals surface area contributed by atoms with Gasteiger partial charge in [-0.1, -0.05) is 13.8 Å². The zero-order valence-corrected chi connectivity index (χ0v) is 11.8. The fourth-order valence-corrected chi connectivity index (χ4v) is 3.64. The molecule has 3 atom stereocenters. The number of rotatable bonds is 8. The Balaban J connectivity index is 1.58. The van der Waals surface area contributed by atoms with E-state index in [4.69, 9.17) is 0 Å². The van der Waals surface area contributed by atoms with Gasteiger partial charge in [0.15, 0.2) is 0 Å². The summed E-state index contributed by atoms with van der Waals surface area (Å²) >= 11 is 0. The lowest BCUT2D eigenvalue weighted by Crippen LogP contribution is -2.34. The van der Waals surface area contributed by atoms with Crippen molar-refractivity contribution in [1.29, 1.82) is 0 Å². The Morgan fingerprint density at radius 2 is 2.18 bits per heavy atom. The van der Waals surface area contributed by atoms with Crippen LogP contribution in [0.25, 0.3) is 0 Å². The molecule has 1 saturated carbocycles. The van der Waals surface area contributed by atoms with E-state index in [1.807, 2.05) is 0 Å². The summed E-state index contributed by atoms with van der Waals surface area (Å²) in [7, 11) is 0. The van der Waals surface area contributed by atoms with Crippen molar-refractivity contribution in [2.45, 2.75) is 70.9 Å². The maximum atomic E-state index is 3.66. The number of hydrogen-bond acceptors (Lipinski definition) is 2. The van der Waals surface area contributed by atoms with E-state index in [-0.39, 0.29) is 0 Å².